The van der Waals surface area contributed by atoms with E-state index in [0.717, 1.165) is 35.7 Å². The maximum atomic E-state index is 13.4. The topological polar surface area (TPSA) is 58.6 Å². The first kappa shape index (κ1) is 24.2. The third kappa shape index (κ3) is 7.05. The summed E-state index contributed by atoms with van der Waals surface area (Å²) in [4.78, 5) is 27.9. The number of hydrogen-bond acceptors (Lipinski definition) is 3. The van der Waals surface area contributed by atoms with Crippen LogP contribution in [0.3, 0.4) is 0 Å². The molecule has 3 rings (SSSR count). The fourth-order valence-corrected chi connectivity index (χ4v) is 4.27. The molecule has 1 fully saturated rings. The molecule has 32 heavy (non-hydrogen) atoms. The zero-order valence-electron chi connectivity index (χ0n) is 18.4. The molecular weight excluding hydrogens is 475 g/mol. The van der Waals surface area contributed by atoms with Gasteiger partial charge in [-0.1, -0.05) is 54.2 Å². The third-order valence-corrected chi connectivity index (χ3v) is 6.31. The maximum Gasteiger partial charge on any atom is 0.261 e. The van der Waals surface area contributed by atoms with Gasteiger partial charge in [-0.05, 0) is 61.2 Å². The van der Waals surface area contributed by atoms with Gasteiger partial charge in [0.2, 0.25) is 5.91 Å². The highest BCUT2D eigenvalue weighted by Crippen LogP contribution is 2.20. The first-order chi connectivity index (χ1) is 15.5. The second-order valence-electron chi connectivity index (χ2n) is 8.16. The van der Waals surface area contributed by atoms with E-state index in [1.54, 1.807) is 29.2 Å². The van der Waals surface area contributed by atoms with Crippen LogP contribution >= 0.6 is 15.9 Å². The van der Waals surface area contributed by atoms with Crippen LogP contribution in [0, 0.1) is 5.82 Å². The summed E-state index contributed by atoms with van der Waals surface area (Å²) >= 11 is 3.37. The van der Waals surface area contributed by atoms with Crippen molar-refractivity contribution in [3.8, 4) is 5.75 Å². The Morgan fingerprint density at radius 2 is 1.75 bits per heavy atom. The van der Waals surface area contributed by atoms with Gasteiger partial charge in [-0.15, -0.1) is 0 Å². The van der Waals surface area contributed by atoms with E-state index < -0.39 is 6.04 Å². The van der Waals surface area contributed by atoms with Crippen molar-refractivity contribution in [1.29, 1.82) is 0 Å². The molecule has 5 nitrogen and oxygen atoms in total. The lowest BCUT2D eigenvalue weighted by molar-refractivity contribution is -0.143. The van der Waals surface area contributed by atoms with Crippen molar-refractivity contribution in [2.24, 2.45) is 0 Å². The first-order valence-electron chi connectivity index (χ1n) is 11.2. The number of amides is 2. The van der Waals surface area contributed by atoms with Gasteiger partial charge < -0.3 is 15.0 Å². The third-order valence-electron chi connectivity index (χ3n) is 5.78. The normalized spacial score (nSPS) is 15.1. The second kappa shape index (κ2) is 12.0. The zero-order chi connectivity index (χ0) is 22.9. The fraction of sp³-hybridized carbons (Fsp3) is 0.440. The van der Waals surface area contributed by atoms with Crippen molar-refractivity contribution in [2.45, 2.75) is 64.1 Å². The lowest BCUT2D eigenvalue weighted by atomic mass is 9.95. The van der Waals surface area contributed by atoms with Gasteiger partial charge >= 0.3 is 0 Å². The van der Waals surface area contributed by atoms with Crippen molar-refractivity contribution in [3.05, 3.63) is 64.4 Å². The molecule has 7 heteroatoms. The van der Waals surface area contributed by atoms with Crippen molar-refractivity contribution in [3.63, 3.8) is 0 Å². The van der Waals surface area contributed by atoms with E-state index in [9.17, 15) is 14.0 Å². The Morgan fingerprint density at radius 1 is 1.09 bits per heavy atom. The standard InChI is InChI=1S/C25H30BrFN2O3/c1-2-23(25(31)28-21-6-4-3-5-7-21)29(16-18-8-12-20(27)13-9-18)24(30)17-32-22-14-10-19(26)11-15-22/h8-15,21,23H,2-7,16-17H2,1H3,(H,28,31). The van der Waals surface area contributed by atoms with E-state index in [2.05, 4.69) is 21.2 Å². The van der Waals surface area contributed by atoms with Crippen LogP contribution in [0.1, 0.15) is 51.0 Å². The molecule has 0 radical (unpaired) electrons. The predicted molar refractivity (Wildman–Crippen MR) is 126 cm³/mol. The molecule has 0 spiro atoms. The zero-order valence-corrected chi connectivity index (χ0v) is 19.9. The van der Waals surface area contributed by atoms with E-state index in [1.165, 1.54) is 18.6 Å². The highest BCUT2D eigenvalue weighted by atomic mass is 79.9. The Bertz CT molecular complexity index is 883. The van der Waals surface area contributed by atoms with Gasteiger partial charge in [-0.3, -0.25) is 9.59 Å². The molecule has 2 aromatic carbocycles. The summed E-state index contributed by atoms with van der Waals surface area (Å²) in [5.74, 6) is -0.198. The highest BCUT2D eigenvalue weighted by Gasteiger charge is 2.30. The van der Waals surface area contributed by atoms with E-state index in [-0.39, 0.29) is 36.8 Å². The molecule has 0 aromatic heterocycles. The summed E-state index contributed by atoms with van der Waals surface area (Å²) in [6.07, 6.45) is 5.85. The summed E-state index contributed by atoms with van der Waals surface area (Å²) < 4.78 is 20.0. The number of rotatable bonds is 9. The maximum absolute atomic E-state index is 13.4. The van der Waals surface area contributed by atoms with Gasteiger partial charge in [0.05, 0.1) is 0 Å². The monoisotopic (exact) mass is 504 g/mol. The average molecular weight is 505 g/mol. The van der Waals surface area contributed by atoms with Crippen LogP contribution in [0.15, 0.2) is 53.0 Å². The minimum atomic E-state index is -0.622. The Kier molecular flexibility index (Phi) is 9.09. The van der Waals surface area contributed by atoms with E-state index in [1.807, 2.05) is 19.1 Å². The molecule has 0 aliphatic heterocycles. The minimum absolute atomic E-state index is 0.140. The summed E-state index contributed by atoms with van der Waals surface area (Å²) in [5.41, 5.74) is 0.757. The van der Waals surface area contributed by atoms with E-state index in [4.69, 9.17) is 4.74 Å². The van der Waals surface area contributed by atoms with Crippen LogP contribution in [-0.4, -0.2) is 35.4 Å². The van der Waals surface area contributed by atoms with Gasteiger partial charge in [0.1, 0.15) is 17.6 Å². The molecule has 1 saturated carbocycles. The molecule has 1 N–H and O–H groups in total. The summed E-state index contributed by atoms with van der Waals surface area (Å²) in [7, 11) is 0. The molecular formula is C25H30BrFN2O3. The predicted octanol–water partition coefficient (Wildman–Crippen LogP) is 5.22. The first-order valence-corrected chi connectivity index (χ1v) is 12.0. The molecule has 0 bridgehead atoms. The van der Waals surface area contributed by atoms with E-state index in [0.29, 0.717) is 12.2 Å². The van der Waals surface area contributed by atoms with Crippen LogP contribution in [0.4, 0.5) is 4.39 Å². The van der Waals surface area contributed by atoms with Gasteiger partial charge in [-0.25, -0.2) is 4.39 Å². The molecule has 1 atom stereocenters. The second-order valence-corrected chi connectivity index (χ2v) is 9.07. The number of carbonyl (C=O) groups excluding carboxylic acids is 2. The number of hydrogen-bond donors (Lipinski definition) is 1. The number of halogens is 2. The molecule has 0 heterocycles. The largest absolute Gasteiger partial charge is 0.484 e. The van der Waals surface area contributed by atoms with Crippen LogP contribution in [0.5, 0.6) is 5.75 Å². The lowest BCUT2D eigenvalue weighted by Gasteiger charge is -2.32. The molecule has 0 saturated heterocycles. The molecule has 1 unspecified atom stereocenters. The minimum Gasteiger partial charge on any atom is -0.484 e. The molecule has 1 aliphatic rings. The smallest absolute Gasteiger partial charge is 0.261 e. The van der Waals surface area contributed by atoms with Crippen molar-refractivity contribution in [2.75, 3.05) is 6.61 Å². The Morgan fingerprint density at radius 3 is 2.38 bits per heavy atom. The number of benzene rings is 2. The molecule has 172 valence electrons. The van der Waals surface area contributed by atoms with Gasteiger partial charge in [0.15, 0.2) is 6.61 Å². The van der Waals surface area contributed by atoms with Crippen molar-refractivity contribution in [1.82, 2.24) is 10.2 Å². The Hall–Kier alpha value is -2.41. The van der Waals surface area contributed by atoms with Crippen LogP contribution in [0.25, 0.3) is 0 Å². The Labute approximate surface area is 197 Å². The average Bonchev–Trinajstić information content (AvgIpc) is 2.80. The SMILES string of the molecule is CCC(C(=O)NC1CCCCC1)N(Cc1ccc(F)cc1)C(=O)COc1ccc(Br)cc1. The summed E-state index contributed by atoms with van der Waals surface area (Å²) in [6.45, 7) is 1.92. The Balaban J connectivity index is 1.73. The molecule has 2 amide bonds. The summed E-state index contributed by atoms with van der Waals surface area (Å²) in [6, 6.07) is 12.7. The molecule has 1 aliphatic carbocycles. The van der Waals surface area contributed by atoms with Gasteiger partial charge in [-0.2, -0.15) is 0 Å². The number of ether oxygens (including phenoxy) is 1. The lowest BCUT2D eigenvalue weighted by Crippen LogP contribution is -2.52. The van der Waals surface area contributed by atoms with E-state index >= 15 is 0 Å². The van der Waals surface area contributed by atoms with Crippen molar-refractivity contribution < 1.29 is 18.7 Å². The quantitative estimate of drug-likeness (QED) is 0.508. The molecule has 2 aromatic rings. The van der Waals surface area contributed by atoms with Gasteiger partial charge in [0.25, 0.3) is 5.91 Å². The van der Waals surface area contributed by atoms with Crippen molar-refractivity contribution >= 4 is 27.7 Å². The van der Waals surface area contributed by atoms with Crippen LogP contribution < -0.4 is 10.1 Å². The van der Waals surface area contributed by atoms with Crippen LogP contribution in [-0.2, 0) is 16.1 Å². The highest BCUT2D eigenvalue weighted by molar-refractivity contribution is 9.10. The fourth-order valence-electron chi connectivity index (χ4n) is 4.01. The number of nitrogens with one attached hydrogen (secondary N) is 1. The van der Waals surface area contributed by atoms with Gasteiger partial charge in [0, 0.05) is 17.1 Å². The number of carbonyl (C=O) groups is 2. The van der Waals surface area contributed by atoms with Crippen LogP contribution in [0.2, 0.25) is 0 Å². The summed E-state index contributed by atoms with van der Waals surface area (Å²) in [5, 5.41) is 3.14. The number of nitrogens with zero attached hydrogens (tertiary/aromatic N) is 1.